The van der Waals surface area contributed by atoms with Crippen molar-refractivity contribution in [3.8, 4) is 0 Å². The van der Waals surface area contributed by atoms with E-state index in [9.17, 15) is 4.79 Å². The van der Waals surface area contributed by atoms with Crippen molar-refractivity contribution >= 4 is 18.4 Å². The number of aliphatic carboxylic acids is 1. The Hall–Kier alpha value is -0.540. The SMILES string of the molecule is Cl.NCCCCCCC=CC(=O)O. The predicted octanol–water partition coefficient (Wildman–Crippen LogP) is 1.96. The summed E-state index contributed by atoms with van der Waals surface area (Å²) < 4.78 is 0. The second kappa shape index (κ2) is 11.5. The van der Waals surface area contributed by atoms with E-state index in [-0.39, 0.29) is 12.4 Å². The molecular weight excluding hydrogens is 190 g/mol. The van der Waals surface area contributed by atoms with Crippen molar-refractivity contribution in [1.29, 1.82) is 0 Å². The molecule has 0 amide bonds. The molecule has 0 rings (SSSR count). The lowest BCUT2D eigenvalue weighted by Crippen LogP contribution is -1.97. The lowest BCUT2D eigenvalue weighted by Gasteiger charge is -1.95. The van der Waals surface area contributed by atoms with E-state index >= 15 is 0 Å². The standard InChI is InChI=1S/C9H17NO2.ClH/c10-8-6-4-2-1-3-5-7-9(11)12;/h5,7H,1-4,6,8,10H2,(H,11,12);1H. The van der Waals surface area contributed by atoms with Crippen LogP contribution in [0, 0.1) is 0 Å². The highest BCUT2D eigenvalue weighted by Crippen LogP contribution is 2.02. The fourth-order valence-electron chi connectivity index (χ4n) is 0.944. The number of carbonyl (C=O) groups is 1. The Kier molecular flexibility index (Phi) is 13.2. The third kappa shape index (κ3) is 14.3. The first kappa shape index (κ1) is 15.0. The second-order valence-corrected chi connectivity index (χ2v) is 2.73. The van der Waals surface area contributed by atoms with Gasteiger partial charge in [-0.25, -0.2) is 4.79 Å². The summed E-state index contributed by atoms with van der Waals surface area (Å²) >= 11 is 0. The fraction of sp³-hybridized carbons (Fsp3) is 0.667. The number of carboxylic acid groups (broad SMARTS) is 1. The molecule has 0 saturated carbocycles. The molecule has 0 aliphatic carbocycles. The van der Waals surface area contributed by atoms with Crippen molar-refractivity contribution < 1.29 is 9.90 Å². The number of hydrogen-bond donors (Lipinski definition) is 2. The molecule has 0 aromatic heterocycles. The van der Waals surface area contributed by atoms with E-state index in [0.29, 0.717) is 0 Å². The van der Waals surface area contributed by atoms with E-state index in [0.717, 1.165) is 38.6 Å². The summed E-state index contributed by atoms with van der Waals surface area (Å²) in [5, 5.41) is 8.25. The van der Waals surface area contributed by atoms with Crippen molar-refractivity contribution in [2.45, 2.75) is 32.1 Å². The van der Waals surface area contributed by atoms with Crippen LogP contribution < -0.4 is 5.73 Å². The van der Waals surface area contributed by atoms with Crippen LogP contribution in [0.2, 0.25) is 0 Å². The van der Waals surface area contributed by atoms with Crippen LogP contribution in [0.25, 0.3) is 0 Å². The maximum atomic E-state index is 10.0. The monoisotopic (exact) mass is 207 g/mol. The molecule has 0 aromatic rings. The van der Waals surface area contributed by atoms with Crippen molar-refractivity contribution in [2.24, 2.45) is 5.73 Å². The highest BCUT2D eigenvalue weighted by molar-refractivity contribution is 5.85. The van der Waals surface area contributed by atoms with Gasteiger partial charge in [0.15, 0.2) is 0 Å². The number of carboxylic acids is 1. The first-order valence-electron chi connectivity index (χ1n) is 4.37. The first-order chi connectivity index (χ1) is 5.77. The Labute approximate surface area is 85.4 Å². The van der Waals surface area contributed by atoms with Gasteiger partial charge in [0.25, 0.3) is 0 Å². The van der Waals surface area contributed by atoms with Gasteiger partial charge in [0.1, 0.15) is 0 Å². The summed E-state index contributed by atoms with van der Waals surface area (Å²) in [6, 6.07) is 0. The maximum absolute atomic E-state index is 10.0. The quantitative estimate of drug-likeness (QED) is 0.496. The van der Waals surface area contributed by atoms with Crippen LogP contribution in [-0.2, 0) is 4.79 Å². The van der Waals surface area contributed by atoms with Crippen LogP contribution in [0.4, 0.5) is 0 Å². The van der Waals surface area contributed by atoms with Gasteiger partial charge in [-0.1, -0.05) is 18.9 Å². The molecule has 0 saturated heterocycles. The zero-order valence-electron chi connectivity index (χ0n) is 7.74. The fourth-order valence-corrected chi connectivity index (χ4v) is 0.944. The van der Waals surface area contributed by atoms with E-state index < -0.39 is 5.97 Å². The molecule has 0 radical (unpaired) electrons. The van der Waals surface area contributed by atoms with Crippen LogP contribution in [0.15, 0.2) is 12.2 Å². The van der Waals surface area contributed by atoms with Crippen LogP contribution in [0.5, 0.6) is 0 Å². The number of unbranched alkanes of at least 4 members (excludes halogenated alkanes) is 4. The molecule has 0 fully saturated rings. The molecule has 3 N–H and O–H groups in total. The molecule has 78 valence electrons. The largest absolute Gasteiger partial charge is 0.478 e. The van der Waals surface area contributed by atoms with E-state index in [1.54, 1.807) is 6.08 Å². The van der Waals surface area contributed by atoms with Gasteiger partial charge in [-0.15, -0.1) is 12.4 Å². The lowest BCUT2D eigenvalue weighted by molar-refractivity contribution is -0.131. The molecule has 0 atom stereocenters. The van der Waals surface area contributed by atoms with E-state index in [2.05, 4.69) is 0 Å². The molecule has 0 spiro atoms. The van der Waals surface area contributed by atoms with Crippen molar-refractivity contribution in [3.05, 3.63) is 12.2 Å². The van der Waals surface area contributed by atoms with E-state index in [4.69, 9.17) is 10.8 Å². The van der Waals surface area contributed by atoms with Crippen LogP contribution >= 0.6 is 12.4 Å². The smallest absolute Gasteiger partial charge is 0.327 e. The van der Waals surface area contributed by atoms with Crippen LogP contribution in [0.3, 0.4) is 0 Å². The van der Waals surface area contributed by atoms with Gasteiger partial charge in [-0.05, 0) is 25.8 Å². The minimum atomic E-state index is -0.864. The van der Waals surface area contributed by atoms with Crippen LogP contribution in [0.1, 0.15) is 32.1 Å². The number of halogens is 1. The van der Waals surface area contributed by atoms with E-state index in [1.165, 1.54) is 6.08 Å². The minimum Gasteiger partial charge on any atom is -0.478 e. The number of nitrogens with two attached hydrogens (primary N) is 1. The summed E-state index contributed by atoms with van der Waals surface area (Å²) in [6.07, 6.45) is 8.18. The molecule has 0 aromatic carbocycles. The van der Waals surface area contributed by atoms with Gasteiger partial charge in [0.2, 0.25) is 0 Å². The zero-order chi connectivity index (χ0) is 9.23. The Bertz CT molecular complexity index is 149. The summed E-state index contributed by atoms with van der Waals surface area (Å²) in [6.45, 7) is 0.755. The molecule has 0 bridgehead atoms. The highest BCUT2D eigenvalue weighted by atomic mass is 35.5. The Morgan fingerprint density at radius 2 is 1.85 bits per heavy atom. The second-order valence-electron chi connectivity index (χ2n) is 2.73. The predicted molar refractivity (Wildman–Crippen MR) is 56.2 cm³/mol. The van der Waals surface area contributed by atoms with Crippen molar-refractivity contribution in [1.82, 2.24) is 0 Å². The lowest BCUT2D eigenvalue weighted by atomic mass is 10.1. The summed E-state index contributed by atoms with van der Waals surface area (Å²) in [5.74, 6) is -0.864. The summed E-state index contributed by atoms with van der Waals surface area (Å²) in [7, 11) is 0. The van der Waals surface area contributed by atoms with Gasteiger partial charge in [0.05, 0.1) is 0 Å². The number of rotatable bonds is 7. The van der Waals surface area contributed by atoms with Crippen LogP contribution in [-0.4, -0.2) is 17.6 Å². The molecule has 0 unspecified atom stereocenters. The molecule has 0 heterocycles. The Morgan fingerprint density at radius 3 is 2.38 bits per heavy atom. The normalized spacial score (nSPS) is 9.92. The molecule has 3 nitrogen and oxygen atoms in total. The molecule has 13 heavy (non-hydrogen) atoms. The molecule has 0 aliphatic rings. The van der Waals surface area contributed by atoms with Gasteiger partial charge in [-0.2, -0.15) is 0 Å². The highest BCUT2D eigenvalue weighted by Gasteiger charge is 1.87. The molecular formula is C9H18ClNO2. The molecule has 4 heteroatoms. The zero-order valence-corrected chi connectivity index (χ0v) is 8.55. The third-order valence-corrected chi connectivity index (χ3v) is 1.59. The van der Waals surface area contributed by atoms with Gasteiger partial charge >= 0.3 is 5.97 Å². The Morgan fingerprint density at radius 1 is 1.23 bits per heavy atom. The minimum absolute atomic E-state index is 0. The average molecular weight is 208 g/mol. The average Bonchev–Trinajstić information content (AvgIpc) is 2.02. The number of allylic oxidation sites excluding steroid dienone is 1. The Balaban J connectivity index is 0. The van der Waals surface area contributed by atoms with Gasteiger partial charge in [0, 0.05) is 6.08 Å². The van der Waals surface area contributed by atoms with E-state index in [1.807, 2.05) is 0 Å². The van der Waals surface area contributed by atoms with Gasteiger partial charge in [-0.3, -0.25) is 0 Å². The maximum Gasteiger partial charge on any atom is 0.327 e. The summed E-state index contributed by atoms with van der Waals surface area (Å²) in [4.78, 5) is 10.0. The van der Waals surface area contributed by atoms with Crippen molar-refractivity contribution in [2.75, 3.05) is 6.54 Å². The number of hydrogen-bond acceptors (Lipinski definition) is 2. The third-order valence-electron chi connectivity index (χ3n) is 1.59. The summed E-state index contributed by atoms with van der Waals surface area (Å²) in [5.41, 5.74) is 5.32. The first-order valence-corrected chi connectivity index (χ1v) is 4.37. The van der Waals surface area contributed by atoms with Gasteiger partial charge < -0.3 is 10.8 Å². The molecule has 0 aliphatic heterocycles. The van der Waals surface area contributed by atoms with Crippen molar-refractivity contribution in [3.63, 3.8) is 0 Å². The topological polar surface area (TPSA) is 63.3 Å².